The highest BCUT2D eigenvalue weighted by molar-refractivity contribution is 5.89. The van der Waals surface area contributed by atoms with Crippen LogP contribution >= 0.6 is 12.4 Å². The van der Waals surface area contributed by atoms with Gasteiger partial charge in [-0.25, -0.2) is 9.59 Å². The maximum atomic E-state index is 12.8. The highest BCUT2D eigenvalue weighted by Crippen LogP contribution is 2.24. The second-order valence-corrected chi connectivity index (χ2v) is 11.4. The number of anilines is 1. The Morgan fingerprint density at radius 1 is 1.02 bits per heavy atom. The first-order valence-electron chi connectivity index (χ1n) is 14.3. The Morgan fingerprint density at radius 3 is 2.17 bits per heavy atom. The summed E-state index contributed by atoms with van der Waals surface area (Å²) in [4.78, 5) is 47.8. The first-order chi connectivity index (χ1) is 19.1. The Labute approximate surface area is 248 Å². The highest BCUT2D eigenvalue weighted by Gasteiger charge is 2.31. The summed E-state index contributed by atoms with van der Waals surface area (Å²) in [6.07, 6.45) is 6.48. The van der Waals surface area contributed by atoms with Gasteiger partial charge in [-0.2, -0.15) is 4.98 Å². The lowest BCUT2D eigenvalue weighted by molar-refractivity contribution is -0.137. The van der Waals surface area contributed by atoms with Crippen molar-refractivity contribution in [1.29, 1.82) is 0 Å². The van der Waals surface area contributed by atoms with Crippen molar-refractivity contribution in [3.05, 3.63) is 52.6 Å². The lowest BCUT2D eigenvalue weighted by Crippen LogP contribution is -2.58. The van der Waals surface area contributed by atoms with Crippen LogP contribution in [0, 0.1) is 0 Å². The van der Waals surface area contributed by atoms with Crippen LogP contribution in [0.4, 0.5) is 10.6 Å². The van der Waals surface area contributed by atoms with E-state index in [1.807, 2.05) is 19.2 Å². The van der Waals surface area contributed by atoms with Crippen molar-refractivity contribution in [3.63, 3.8) is 0 Å². The van der Waals surface area contributed by atoms with Gasteiger partial charge in [0.1, 0.15) is 5.82 Å². The van der Waals surface area contributed by atoms with E-state index in [1.165, 1.54) is 35.8 Å². The SMILES string of the molecule is CCN(Cc1ccc(-n2ccc(NC(=O)N3CCN(C(=O)C(C)(C)N)CC3)nc2=O)cc1)C1CCC(NC)CC1.Cl. The van der Waals surface area contributed by atoms with Crippen molar-refractivity contribution in [2.75, 3.05) is 45.1 Å². The average Bonchev–Trinajstić information content (AvgIpc) is 2.95. The molecule has 2 aromatic rings. The molecule has 12 heteroatoms. The Bertz CT molecular complexity index is 1210. The molecule has 0 bridgehead atoms. The molecule has 4 rings (SSSR count). The van der Waals surface area contributed by atoms with E-state index in [2.05, 4.69) is 39.6 Å². The van der Waals surface area contributed by atoms with Gasteiger partial charge in [0, 0.05) is 51.0 Å². The van der Waals surface area contributed by atoms with Gasteiger partial charge in [-0.15, -0.1) is 12.4 Å². The minimum absolute atomic E-state index is 0. The number of rotatable bonds is 8. The molecule has 1 aromatic heterocycles. The number of nitrogens with two attached hydrogens (primary N) is 1. The van der Waals surface area contributed by atoms with Crippen LogP contribution in [-0.2, 0) is 11.3 Å². The molecule has 4 N–H and O–H groups in total. The zero-order chi connectivity index (χ0) is 28.9. The molecule has 1 saturated carbocycles. The number of carbonyl (C=O) groups excluding carboxylic acids is 2. The fourth-order valence-corrected chi connectivity index (χ4v) is 5.60. The number of urea groups is 1. The van der Waals surface area contributed by atoms with Crippen molar-refractivity contribution in [2.24, 2.45) is 5.73 Å². The molecule has 1 saturated heterocycles. The zero-order valence-electron chi connectivity index (χ0n) is 24.6. The average molecular weight is 589 g/mol. The third-order valence-electron chi connectivity index (χ3n) is 8.07. The van der Waals surface area contributed by atoms with E-state index in [1.54, 1.807) is 35.9 Å². The third-order valence-corrected chi connectivity index (χ3v) is 8.07. The van der Waals surface area contributed by atoms with Crippen LogP contribution in [0.2, 0.25) is 0 Å². The van der Waals surface area contributed by atoms with Gasteiger partial charge in [-0.05, 0) is 76.9 Å². The highest BCUT2D eigenvalue weighted by atomic mass is 35.5. The molecule has 1 aromatic carbocycles. The summed E-state index contributed by atoms with van der Waals surface area (Å²) in [5, 5.41) is 6.11. The summed E-state index contributed by atoms with van der Waals surface area (Å²) in [5.41, 5.74) is 6.43. The molecule has 3 amide bonds. The Morgan fingerprint density at radius 2 is 1.63 bits per heavy atom. The Hall–Kier alpha value is -2.99. The summed E-state index contributed by atoms with van der Waals surface area (Å²) in [6.45, 7) is 9.03. The molecule has 0 atom stereocenters. The molecule has 0 spiro atoms. The largest absolute Gasteiger partial charge is 0.354 e. The van der Waals surface area contributed by atoms with Crippen LogP contribution in [-0.4, -0.2) is 93.6 Å². The van der Waals surface area contributed by atoms with Crippen molar-refractivity contribution in [2.45, 2.75) is 70.6 Å². The van der Waals surface area contributed by atoms with Crippen LogP contribution < -0.4 is 22.1 Å². The predicted molar refractivity (Wildman–Crippen MR) is 164 cm³/mol. The number of nitrogens with one attached hydrogen (secondary N) is 2. The predicted octanol–water partition coefficient (Wildman–Crippen LogP) is 2.42. The van der Waals surface area contributed by atoms with Crippen LogP contribution in [0.15, 0.2) is 41.3 Å². The minimum Gasteiger partial charge on any atom is -0.338 e. The molecular formula is C29H45ClN8O3. The normalized spacial score (nSPS) is 19.6. The summed E-state index contributed by atoms with van der Waals surface area (Å²) in [7, 11) is 2.05. The molecule has 2 heterocycles. The standard InChI is InChI=1S/C29H44N8O3.ClH/c1-5-34(23-12-8-22(31-4)9-13-23)20-21-6-10-24(11-7-21)37-15-14-25(33-28(37)40)32-27(39)36-18-16-35(17-19-36)26(38)29(2,3)30;/h6-7,10-11,14-15,22-23,31H,5,8-9,12-13,16-20,30H2,1-4H3,(H,32,33,39,40);1H. The zero-order valence-corrected chi connectivity index (χ0v) is 25.5. The summed E-state index contributed by atoms with van der Waals surface area (Å²) < 4.78 is 1.47. The number of carbonyl (C=O) groups is 2. The summed E-state index contributed by atoms with van der Waals surface area (Å²) in [6, 6.07) is 10.5. The number of amides is 3. The van der Waals surface area contributed by atoms with Gasteiger partial charge >= 0.3 is 11.7 Å². The smallest absolute Gasteiger partial charge is 0.338 e. The number of halogens is 1. The quantitative estimate of drug-likeness (QED) is 0.432. The second kappa shape index (κ2) is 14.3. The molecule has 0 radical (unpaired) electrons. The van der Waals surface area contributed by atoms with Gasteiger partial charge in [0.05, 0.1) is 11.2 Å². The van der Waals surface area contributed by atoms with Crippen LogP contribution in [0.1, 0.15) is 52.0 Å². The molecule has 2 fully saturated rings. The first kappa shape index (κ1) is 32.5. The molecule has 2 aliphatic rings. The number of hydrogen-bond acceptors (Lipinski definition) is 7. The minimum atomic E-state index is -0.944. The summed E-state index contributed by atoms with van der Waals surface area (Å²) >= 11 is 0. The molecule has 11 nitrogen and oxygen atoms in total. The van der Waals surface area contributed by atoms with Crippen molar-refractivity contribution in [3.8, 4) is 5.69 Å². The van der Waals surface area contributed by atoms with E-state index in [9.17, 15) is 14.4 Å². The van der Waals surface area contributed by atoms with Crippen molar-refractivity contribution in [1.82, 2.24) is 29.6 Å². The van der Waals surface area contributed by atoms with Crippen molar-refractivity contribution >= 4 is 30.2 Å². The van der Waals surface area contributed by atoms with E-state index in [4.69, 9.17) is 5.73 Å². The monoisotopic (exact) mass is 588 g/mol. The number of hydrogen-bond donors (Lipinski definition) is 3. The molecule has 0 unspecified atom stereocenters. The van der Waals surface area contributed by atoms with Gasteiger partial charge in [0.25, 0.3) is 0 Å². The van der Waals surface area contributed by atoms with Gasteiger partial charge in [0.2, 0.25) is 5.91 Å². The molecular weight excluding hydrogens is 544 g/mol. The van der Waals surface area contributed by atoms with Crippen LogP contribution in [0.25, 0.3) is 5.69 Å². The van der Waals surface area contributed by atoms with Crippen LogP contribution in [0.3, 0.4) is 0 Å². The van der Waals surface area contributed by atoms with E-state index in [0.29, 0.717) is 38.3 Å². The first-order valence-corrected chi connectivity index (χ1v) is 14.3. The third kappa shape index (κ3) is 8.28. The lowest BCUT2D eigenvalue weighted by atomic mass is 9.90. The van der Waals surface area contributed by atoms with Gasteiger partial charge in [0.15, 0.2) is 0 Å². The Balaban J connectivity index is 0.00000462. The molecule has 1 aliphatic carbocycles. The fraction of sp³-hybridized carbons (Fsp3) is 0.586. The second-order valence-electron chi connectivity index (χ2n) is 11.4. The molecule has 1 aliphatic heterocycles. The Kier molecular flexibility index (Phi) is 11.3. The maximum absolute atomic E-state index is 12.8. The van der Waals surface area contributed by atoms with Crippen LogP contribution in [0.5, 0.6) is 0 Å². The van der Waals surface area contributed by atoms with E-state index in [-0.39, 0.29) is 30.2 Å². The molecule has 41 heavy (non-hydrogen) atoms. The fourth-order valence-electron chi connectivity index (χ4n) is 5.60. The lowest BCUT2D eigenvalue weighted by Gasteiger charge is -2.37. The van der Waals surface area contributed by atoms with Gasteiger partial charge in [-0.3, -0.25) is 19.6 Å². The van der Waals surface area contributed by atoms with E-state index in [0.717, 1.165) is 18.8 Å². The summed E-state index contributed by atoms with van der Waals surface area (Å²) in [5.74, 6) is 0.0525. The number of piperazine rings is 1. The van der Waals surface area contributed by atoms with E-state index >= 15 is 0 Å². The number of aromatic nitrogens is 2. The number of nitrogens with zero attached hydrogens (tertiary/aromatic N) is 5. The van der Waals surface area contributed by atoms with E-state index < -0.39 is 11.2 Å². The van der Waals surface area contributed by atoms with Gasteiger partial charge < -0.3 is 20.9 Å². The number of benzene rings is 1. The maximum Gasteiger partial charge on any atom is 0.354 e. The van der Waals surface area contributed by atoms with Crippen molar-refractivity contribution < 1.29 is 9.59 Å². The molecule has 226 valence electrons. The van der Waals surface area contributed by atoms with Gasteiger partial charge in [-0.1, -0.05) is 19.1 Å². The topological polar surface area (TPSA) is 129 Å².